The van der Waals surface area contributed by atoms with Crippen LogP contribution in [-0.2, 0) is 26.0 Å². The SMILES string of the molecule is COc1cc(F)c(Cl)cc1CC1CNC(=O)CN(S(=O)(=O)c2ccc(Cl)cc2)C1=O. The number of amides is 2. The van der Waals surface area contributed by atoms with Crippen LogP contribution in [-0.4, -0.2) is 44.7 Å². The first-order valence-corrected chi connectivity index (χ1v) is 10.9. The van der Waals surface area contributed by atoms with E-state index < -0.39 is 40.1 Å². The van der Waals surface area contributed by atoms with Gasteiger partial charge in [0.15, 0.2) is 0 Å². The minimum Gasteiger partial charge on any atom is -0.496 e. The van der Waals surface area contributed by atoms with Gasteiger partial charge in [-0.05, 0) is 42.3 Å². The molecule has 1 atom stereocenters. The topological polar surface area (TPSA) is 92.8 Å². The van der Waals surface area contributed by atoms with Gasteiger partial charge in [0.2, 0.25) is 11.8 Å². The van der Waals surface area contributed by atoms with Gasteiger partial charge in [-0.2, -0.15) is 0 Å². The predicted molar refractivity (Wildman–Crippen MR) is 109 cm³/mol. The molecule has 30 heavy (non-hydrogen) atoms. The van der Waals surface area contributed by atoms with E-state index in [0.29, 0.717) is 14.9 Å². The van der Waals surface area contributed by atoms with E-state index in [4.69, 9.17) is 27.9 Å². The number of nitrogens with zero attached hydrogens (tertiary/aromatic N) is 1. The second-order valence-corrected chi connectivity index (χ2v) is 9.29. The van der Waals surface area contributed by atoms with Crippen molar-refractivity contribution < 1.29 is 27.1 Å². The van der Waals surface area contributed by atoms with Crippen molar-refractivity contribution in [3.63, 3.8) is 0 Å². The van der Waals surface area contributed by atoms with Crippen molar-refractivity contribution in [2.45, 2.75) is 11.3 Å². The molecular weight excluding hydrogens is 458 g/mol. The van der Waals surface area contributed by atoms with Crippen LogP contribution in [0.25, 0.3) is 0 Å². The van der Waals surface area contributed by atoms with Gasteiger partial charge < -0.3 is 10.1 Å². The van der Waals surface area contributed by atoms with Crippen LogP contribution in [0.3, 0.4) is 0 Å². The van der Waals surface area contributed by atoms with Crippen LogP contribution < -0.4 is 10.1 Å². The normalized spacial score (nSPS) is 17.5. The Morgan fingerprint density at radius 2 is 1.87 bits per heavy atom. The van der Waals surface area contributed by atoms with Crippen molar-refractivity contribution in [3.8, 4) is 5.75 Å². The lowest BCUT2D eigenvalue weighted by molar-refractivity contribution is -0.131. The zero-order chi connectivity index (χ0) is 22.1. The Morgan fingerprint density at radius 3 is 2.50 bits per heavy atom. The van der Waals surface area contributed by atoms with Crippen molar-refractivity contribution in [3.05, 3.63) is 57.8 Å². The van der Waals surface area contributed by atoms with Gasteiger partial charge in [-0.25, -0.2) is 17.1 Å². The Hall–Kier alpha value is -2.36. The molecule has 11 heteroatoms. The third-order valence-electron chi connectivity index (χ3n) is 4.62. The molecular formula is C19H17Cl2FN2O5S. The first kappa shape index (κ1) is 22.3. The van der Waals surface area contributed by atoms with E-state index in [1.165, 1.54) is 37.4 Å². The van der Waals surface area contributed by atoms with Crippen molar-refractivity contribution in [2.24, 2.45) is 5.92 Å². The summed E-state index contributed by atoms with van der Waals surface area (Å²) < 4.78 is 45.4. The van der Waals surface area contributed by atoms with E-state index in [1.54, 1.807) is 0 Å². The number of nitrogens with one attached hydrogen (secondary N) is 1. The standard InChI is InChI=1S/C19H17Cl2FN2O5S/c1-29-17-8-16(22)15(21)7-11(17)6-12-9-23-18(25)10-24(19(12)26)30(27,28)14-4-2-13(20)3-5-14/h2-5,7-8,12H,6,9-10H2,1H3,(H,23,25). The summed E-state index contributed by atoms with van der Waals surface area (Å²) in [7, 11) is -2.96. The van der Waals surface area contributed by atoms with Crippen molar-refractivity contribution in [2.75, 3.05) is 20.2 Å². The van der Waals surface area contributed by atoms with E-state index >= 15 is 0 Å². The zero-order valence-corrected chi connectivity index (χ0v) is 18.0. The molecule has 1 N–H and O–H groups in total. The highest BCUT2D eigenvalue weighted by Gasteiger charge is 2.38. The largest absolute Gasteiger partial charge is 0.496 e. The highest BCUT2D eigenvalue weighted by Crippen LogP contribution is 2.30. The van der Waals surface area contributed by atoms with Gasteiger partial charge in [0.05, 0.1) is 22.9 Å². The minimum atomic E-state index is -4.29. The van der Waals surface area contributed by atoms with Crippen LogP contribution in [0.15, 0.2) is 41.3 Å². The van der Waals surface area contributed by atoms with E-state index in [9.17, 15) is 22.4 Å². The van der Waals surface area contributed by atoms with Crippen LogP contribution >= 0.6 is 23.2 Å². The lowest BCUT2D eigenvalue weighted by atomic mass is 9.97. The van der Waals surface area contributed by atoms with Crippen LogP contribution in [0.2, 0.25) is 10.0 Å². The van der Waals surface area contributed by atoms with E-state index in [2.05, 4.69) is 5.32 Å². The number of methoxy groups -OCH3 is 1. The number of ether oxygens (including phenoxy) is 1. The number of hydrogen-bond acceptors (Lipinski definition) is 5. The Balaban J connectivity index is 1.96. The van der Waals surface area contributed by atoms with Crippen LogP contribution in [0.5, 0.6) is 5.75 Å². The number of carbonyl (C=O) groups excluding carboxylic acids is 2. The molecule has 0 bridgehead atoms. The Kier molecular flexibility index (Phi) is 6.54. The van der Waals surface area contributed by atoms with Crippen molar-refractivity contribution >= 4 is 45.0 Å². The maximum absolute atomic E-state index is 13.7. The van der Waals surface area contributed by atoms with Gasteiger partial charge in [0.1, 0.15) is 18.1 Å². The molecule has 1 aliphatic rings. The Morgan fingerprint density at radius 1 is 1.20 bits per heavy atom. The fraction of sp³-hybridized carbons (Fsp3) is 0.263. The number of hydrogen-bond donors (Lipinski definition) is 1. The summed E-state index contributed by atoms with van der Waals surface area (Å²) in [6.07, 6.45) is -0.0189. The van der Waals surface area contributed by atoms with Crippen LogP contribution in [0.1, 0.15) is 5.56 Å². The van der Waals surface area contributed by atoms with E-state index in [0.717, 1.165) is 6.07 Å². The maximum Gasteiger partial charge on any atom is 0.266 e. The second-order valence-electron chi connectivity index (χ2n) is 6.59. The van der Waals surface area contributed by atoms with Crippen LogP contribution in [0, 0.1) is 11.7 Å². The molecule has 2 amide bonds. The number of rotatable bonds is 5. The lowest BCUT2D eigenvalue weighted by Crippen LogP contribution is -2.42. The number of benzene rings is 2. The highest BCUT2D eigenvalue weighted by atomic mass is 35.5. The molecule has 160 valence electrons. The quantitative estimate of drug-likeness (QED) is 0.718. The van der Waals surface area contributed by atoms with Gasteiger partial charge in [-0.3, -0.25) is 9.59 Å². The molecule has 0 aromatic heterocycles. The third-order valence-corrected chi connectivity index (χ3v) is 6.92. The van der Waals surface area contributed by atoms with Gasteiger partial charge in [0, 0.05) is 17.6 Å². The number of halogens is 3. The predicted octanol–water partition coefficient (Wildman–Crippen LogP) is 2.65. The lowest BCUT2D eigenvalue weighted by Gasteiger charge is -2.23. The Bertz CT molecular complexity index is 1090. The van der Waals surface area contributed by atoms with E-state index in [1.807, 2.05) is 0 Å². The second kappa shape index (κ2) is 8.79. The molecule has 2 aromatic carbocycles. The zero-order valence-electron chi connectivity index (χ0n) is 15.7. The molecule has 2 aromatic rings. The molecule has 1 fully saturated rings. The molecule has 7 nitrogen and oxygen atoms in total. The van der Waals surface area contributed by atoms with Gasteiger partial charge in [0.25, 0.3) is 10.0 Å². The molecule has 0 spiro atoms. The molecule has 0 saturated carbocycles. The highest BCUT2D eigenvalue weighted by molar-refractivity contribution is 7.89. The van der Waals surface area contributed by atoms with Crippen molar-refractivity contribution in [1.29, 1.82) is 0 Å². The molecule has 1 unspecified atom stereocenters. The summed E-state index contributed by atoms with van der Waals surface area (Å²) in [5, 5.41) is 2.70. The average molecular weight is 475 g/mol. The van der Waals surface area contributed by atoms with Crippen LogP contribution in [0.4, 0.5) is 4.39 Å². The Labute approximate surface area is 182 Å². The summed E-state index contributed by atoms with van der Waals surface area (Å²) in [4.78, 5) is 25.0. The molecule has 3 rings (SSSR count). The minimum absolute atomic E-state index is 0.0189. The van der Waals surface area contributed by atoms with Gasteiger partial charge >= 0.3 is 0 Å². The smallest absolute Gasteiger partial charge is 0.266 e. The van der Waals surface area contributed by atoms with Gasteiger partial charge in [-0.15, -0.1) is 0 Å². The third kappa shape index (κ3) is 4.53. The molecule has 1 saturated heterocycles. The van der Waals surface area contributed by atoms with Gasteiger partial charge in [-0.1, -0.05) is 23.2 Å². The summed E-state index contributed by atoms with van der Waals surface area (Å²) in [6, 6.07) is 7.66. The molecule has 1 aliphatic heterocycles. The summed E-state index contributed by atoms with van der Waals surface area (Å²) >= 11 is 11.6. The summed E-state index contributed by atoms with van der Waals surface area (Å²) in [5.41, 5.74) is 0.405. The average Bonchev–Trinajstić information content (AvgIpc) is 2.84. The molecule has 0 radical (unpaired) electrons. The van der Waals surface area contributed by atoms with E-state index in [-0.39, 0.29) is 28.6 Å². The number of carbonyl (C=O) groups is 2. The maximum atomic E-state index is 13.7. The fourth-order valence-corrected chi connectivity index (χ4v) is 4.79. The first-order chi connectivity index (χ1) is 14.1. The number of sulfonamides is 1. The molecule has 0 aliphatic carbocycles. The summed E-state index contributed by atoms with van der Waals surface area (Å²) in [5.74, 6) is -2.86. The molecule has 1 heterocycles. The fourth-order valence-electron chi connectivity index (χ4n) is 3.07. The first-order valence-electron chi connectivity index (χ1n) is 8.74. The van der Waals surface area contributed by atoms with Crippen molar-refractivity contribution in [1.82, 2.24) is 9.62 Å². The summed E-state index contributed by atoms with van der Waals surface area (Å²) in [6.45, 7) is -0.746. The monoisotopic (exact) mass is 474 g/mol.